The first kappa shape index (κ1) is 18.9. The Balaban J connectivity index is 1.75. The number of amides is 1. The first-order chi connectivity index (χ1) is 13.1. The number of aromatic carboxylic acids is 1. The molecule has 0 atom stereocenters. The lowest BCUT2D eigenvalue weighted by Crippen LogP contribution is -2.36. The maximum absolute atomic E-state index is 13.0. The average Bonchev–Trinajstić information content (AvgIpc) is 2.70. The maximum atomic E-state index is 13.0. The van der Waals surface area contributed by atoms with Crippen molar-refractivity contribution in [1.82, 2.24) is 4.90 Å². The number of carboxylic acid groups (broad SMARTS) is 1. The van der Waals surface area contributed by atoms with Gasteiger partial charge in [0.2, 0.25) is 0 Å². The highest BCUT2D eigenvalue weighted by Gasteiger charge is 2.24. The molecule has 27 heavy (non-hydrogen) atoms. The number of hydrogen-bond donors (Lipinski definition) is 1. The van der Waals surface area contributed by atoms with E-state index < -0.39 is 5.97 Å². The van der Waals surface area contributed by atoms with E-state index in [1.807, 2.05) is 25.1 Å². The quantitative estimate of drug-likeness (QED) is 0.760. The number of carbonyl (C=O) groups excluding carboxylic acids is 1. The van der Waals surface area contributed by atoms with Crippen LogP contribution in [0.4, 0.5) is 0 Å². The van der Waals surface area contributed by atoms with E-state index in [1.54, 1.807) is 29.2 Å². The van der Waals surface area contributed by atoms with Gasteiger partial charge in [0.05, 0.1) is 17.7 Å². The standard InChI is InChI=1S/C21H23NO5/c1-2-26-11-12-27-19-6-4-3-5-18(19)20(23)22-10-9-15-7-8-16(21(24)25)13-17(15)14-22/h3-8,13H,2,9-12,14H2,1H3,(H,24,25). The van der Waals surface area contributed by atoms with Gasteiger partial charge in [-0.15, -0.1) is 0 Å². The molecule has 0 radical (unpaired) electrons. The third-order valence-corrected chi connectivity index (χ3v) is 4.56. The van der Waals surface area contributed by atoms with E-state index >= 15 is 0 Å². The molecule has 0 aromatic heterocycles. The van der Waals surface area contributed by atoms with Crippen molar-refractivity contribution >= 4 is 11.9 Å². The van der Waals surface area contributed by atoms with Crippen LogP contribution in [0.1, 0.15) is 38.8 Å². The number of ether oxygens (including phenoxy) is 2. The van der Waals surface area contributed by atoms with E-state index in [0.29, 0.717) is 50.6 Å². The van der Waals surface area contributed by atoms with Crippen LogP contribution in [0.5, 0.6) is 5.75 Å². The number of benzene rings is 2. The second kappa shape index (κ2) is 8.68. The zero-order valence-corrected chi connectivity index (χ0v) is 15.3. The average molecular weight is 369 g/mol. The summed E-state index contributed by atoms with van der Waals surface area (Å²) in [5.41, 5.74) is 2.71. The third kappa shape index (κ3) is 4.46. The van der Waals surface area contributed by atoms with Crippen molar-refractivity contribution in [3.8, 4) is 5.75 Å². The Labute approximate surface area is 158 Å². The summed E-state index contributed by atoms with van der Waals surface area (Å²) in [6, 6.07) is 12.3. The zero-order chi connectivity index (χ0) is 19.2. The van der Waals surface area contributed by atoms with Crippen molar-refractivity contribution < 1.29 is 24.2 Å². The van der Waals surface area contributed by atoms with Gasteiger partial charge in [0.1, 0.15) is 12.4 Å². The smallest absolute Gasteiger partial charge is 0.335 e. The van der Waals surface area contributed by atoms with Crippen molar-refractivity contribution in [1.29, 1.82) is 0 Å². The second-order valence-electron chi connectivity index (χ2n) is 6.31. The molecule has 2 aromatic rings. The molecule has 1 heterocycles. The molecule has 6 heteroatoms. The van der Waals surface area contributed by atoms with Crippen LogP contribution in [0.15, 0.2) is 42.5 Å². The Morgan fingerprint density at radius 1 is 1.11 bits per heavy atom. The molecule has 0 saturated carbocycles. The minimum atomic E-state index is -0.964. The highest BCUT2D eigenvalue weighted by atomic mass is 16.5. The molecule has 1 amide bonds. The minimum Gasteiger partial charge on any atom is -0.490 e. The molecule has 1 aliphatic rings. The van der Waals surface area contributed by atoms with E-state index in [2.05, 4.69) is 0 Å². The predicted octanol–water partition coefficient (Wildman–Crippen LogP) is 3.00. The van der Waals surface area contributed by atoms with Gasteiger partial charge in [0.15, 0.2) is 0 Å². The lowest BCUT2D eigenvalue weighted by atomic mass is 9.97. The highest BCUT2D eigenvalue weighted by Crippen LogP contribution is 2.25. The van der Waals surface area contributed by atoms with Gasteiger partial charge in [0.25, 0.3) is 5.91 Å². The fraction of sp³-hybridized carbons (Fsp3) is 0.333. The predicted molar refractivity (Wildman–Crippen MR) is 100 cm³/mol. The summed E-state index contributed by atoms with van der Waals surface area (Å²) in [5.74, 6) is -0.546. The molecule has 1 N–H and O–H groups in total. The molecule has 0 saturated heterocycles. The highest BCUT2D eigenvalue weighted by molar-refractivity contribution is 5.97. The molecule has 1 aliphatic heterocycles. The number of carbonyl (C=O) groups is 2. The monoisotopic (exact) mass is 369 g/mol. The van der Waals surface area contributed by atoms with Crippen molar-refractivity contribution in [2.24, 2.45) is 0 Å². The summed E-state index contributed by atoms with van der Waals surface area (Å²) in [7, 11) is 0. The Kier molecular flexibility index (Phi) is 6.08. The summed E-state index contributed by atoms with van der Waals surface area (Å²) in [6.45, 7) is 4.36. The first-order valence-electron chi connectivity index (χ1n) is 9.04. The molecule has 0 unspecified atom stereocenters. The SMILES string of the molecule is CCOCCOc1ccccc1C(=O)N1CCc2ccc(C(=O)O)cc2C1. The summed E-state index contributed by atoms with van der Waals surface area (Å²) in [4.78, 5) is 26.0. The van der Waals surface area contributed by atoms with Gasteiger partial charge in [-0.2, -0.15) is 0 Å². The fourth-order valence-electron chi connectivity index (χ4n) is 3.16. The van der Waals surface area contributed by atoms with E-state index in [0.717, 1.165) is 11.1 Å². The third-order valence-electron chi connectivity index (χ3n) is 4.56. The van der Waals surface area contributed by atoms with Crippen LogP contribution in [0.2, 0.25) is 0 Å². The van der Waals surface area contributed by atoms with Gasteiger partial charge in [-0.1, -0.05) is 18.2 Å². The number of hydrogen-bond acceptors (Lipinski definition) is 4. The number of para-hydroxylation sites is 1. The van der Waals surface area contributed by atoms with Crippen LogP contribution in [0.3, 0.4) is 0 Å². The van der Waals surface area contributed by atoms with Crippen LogP contribution >= 0.6 is 0 Å². The minimum absolute atomic E-state index is 0.117. The molecule has 6 nitrogen and oxygen atoms in total. The van der Waals surface area contributed by atoms with Crippen LogP contribution in [-0.2, 0) is 17.7 Å². The van der Waals surface area contributed by atoms with E-state index in [-0.39, 0.29) is 11.5 Å². The van der Waals surface area contributed by atoms with Crippen LogP contribution in [0.25, 0.3) is 0 Å². The summed E-state index contributed by atoms with van der Waals surface area (Å²) < 4.78 is 11.0. The molecule has 0 spiro atoms. The van der Waals surface area contributed by atoms with E-state index in [4.69, 9.17) is 9.47 Å². The Morgan fingerprint density at radius 3 is 2.70 bits per heavy atom. The zero-order valence-electron chi connectivity index (χ0n) is 15.3. The summed E-state index contributed by atoms with van der Waals surface area (Å²) >= 11 is 0. The first-order valence-corrected chi connectivity index (χ1v) is 9.04. The van der Waals surface area contributed by atoms with Crippen molar-refractivity contribution in [3.63, 3.8) is 0 Å². The summed E-state index contributed by atoms with van der Waals surface area (Å²) in [5, 5.41) is 9.19. The molecule has 0 fully saturated rings. The van der Waals surface area contributed by atoms with E-state index in [9.17, 15) is 14.7 Å². The van der Waals surface area contributed by atoms with Crippen LogP contribution in [0, 0.1) is 0 Å². The van der Waals surface area contributed by atoms with Crippen LogP contribution in [-0.4, -0.2) is 48.2 Å². The molecule has 2 aromatic carbocycles. The van der Waals surface area contributed by atoms with Crippen molar-refractivity contribution in [3.05, 3.63) is 64.7 Å². The van der Waals surface area contributed by atoms with Crippen molar-refractivity contribution in [2.75, 3.05) is 26.4 Å². The Bertz CT molecular complexity index is 833. The number of nitrogens with zero attached hydrogens (tertiary/aromatic N) is 1. The fourth-order valence-corrected chi connectivity index (χ4v) is 3.16. The van der Waals surface area contributed by atoms with E-state index in [1.165, 1.54) is 0 Å². The number of fused-ring (bicyclic) bond motifs is 1. The van der Waals surface area contributed by atoms with Gasteiger partial charge < -0.3 is 19.5 Å². The van der Waals surface area contributed by atoms with Gasteiger partial charge in [-0.25, -0.2) is 4.79 Å². The molecule has 142 valence electrons. The molecular weight excluding hydrogens is 346 g/mol. The Morgan fingerprint density at radius 2 is 1.93 bits per heavy atom. The maximum Gasteiger partial charge on any atom is 0.335 e. The van der Waals surface area contributed by atoms with Gasteiger partial charge in [-0.3, -0.25) is 4.79 Å². The van der Waals surface area contributed by atoms with Crippen LogP contribution < -0.4 is 4.74 Å². The largest absolute Gasteiger partial charge is 0.490 e. The molecule has 0 aliphatic carbocycles. The lowest BCUT2D eigenvalue weighted by molar-refractivity contribution is 0.0696. The number of carboxylic acids is 1. The number of rotatable bonds is 7. The van der Waals surface area contributed by atoms with Gasteiger partial charge >= 0.3 is 5.97 Å². The second-order valence-corrected chi connectivity index (χ2v) is 6.31. The molecular formula is C21H23NO5. The molecule has 0 bridgehead atoms. The lowest BCUT2D eigenvalue weighted by Gasteiger charge is -2.29. The summed E-state index contributed by atoms with van der Waals surface area (Å²) in [6.07, 6.45) is 0.703. The van der Waals surface area contributed by atoms with Gasteiger partial charge in [0, 0.05) is 19.7 Å². The Hall–Kier alpha value is -2.86. The van der Waals surface area contributed by atoms with Crippen molar-refractivity contribution in [2.45, 2.75) is 19.9 Å². The topological polar surface area (TPSA) is 76.1 Å². The van der Waals surface area contributed by atoms with Gasteiger partial charge in [-0.05, 0) is 48.7 Å². The molecule has 3 rings (SSSR count). The normalized spacial score (nSPS) is 13.1.